The highest BCUT2D eigenvalue weighted by Gasteiger charge is 2.18. The maximum Gasteiger partial charge on any atom is 0.231 e. The molecule has 2 aliphatic heterocycles. The number of rotatable bonds is 6. The Labute approximate surface area is 251 Å². The van der Waals surface area contributed by atoms with E-state index in [-0.39, 0.29) is 12.7 Å². The Bertz CT molecular complexity index is 1560. The van der Waals surface area contributed by atoms with Crippen molar-refractivity contribution in [2.75, 3.05) is 39.8 Å². The number of ether oxygens (including phenoxy) is 5. The molecule has 9 heteroatoms. The van der Waals surface area contributed by atoms with Crippen molar-refractivity contribution in [3.05, 3.63) is 88.8 Å². The third-order valence-corrected chi connectivity index (χ3v) is 7.63. The van der Waals surface area contributed by atoms with E-state index in [2.05, 4.69) is 35.5 Å². The molecule has 6 rings (SSSR count). The highest BCUT2D eigenvalue weighted by atomic mass is 16.7. The van der Waals surface area contributed by atoms with Gasteiger partial charge >= 0.3 is 0 Å². The van der Waals surface area contributed by atoms with E-state index in [9.17, 15) is 4.79 Å². The molecule has 0 atom stereocenters. The summed E-state index contributed by atoms with van der Waals surface area (Å²) in [6, 6.07) is 20.1. The lowest BCUT2D eigenvalue weighted by atomic mass is 9.96. The highest BCUT2D eigenvalue weighted by Crippen LogP contribution is 2.35. The van der Waals surface area contributed by atoms with Crippen molar-refractivity contribution < 1.29 is 33.0 Å². The molecule has 2 bridgehead atoms. The van der Waals surface area contributed by atoms with Crippen molar-refractivity contribution in [1.29, 1.82) is 0 Å². The summed E-state index contributed by atoms with van der Waals surface area (Å²) in [6.45, 7) is 6.83. The van der Waals surface area contributed by atoms with E-state index < -0.39 is 0 Å². The average Bonchev–Trinajstić information content (AvgIpc) is 3.61. The van der Waals surface area contributed by atoms with Crippen LogP contribution in [-0.4, -0.2) is 55.7 Å². The summed E-state index contributed by atoms with van der Waals surface area (Å²) in [5, 5.41) is 4.13. The number of benzene rings is 3. The quantitative estimate of drug-likeness (QED) is 0.260. The molecule has 43 heavy (non-hydrogen) atoms. The fraction of sp³-hybridized carbons (Fsp3) is 0.353. The Morgan fingerprint density at radius 3 is 2.65 bits per heavy atom. The van der Waals surface area contributed by atoms with Gasteiger partial charge in [-0.2, -0.15) is 0 Å². The molecule has 0 fully saturated rings. The third-order valence-electron chi connectivity index (χ3n) is 7.63. The number of carbonyl (C=O) groups is 1. The predicted octanol–water partition coefficient (Wildman–Crippen LogP) is 5.87. The minimum Gasteiger partial charge on any atom is -0.493 e. The SMILES string of the molecule is Cc1noc(C)c1-c1ccc2c(c1)Cc1cccc(c1)CN(C(=O)CCCOc1ccc3c(c1)OCO3)CCOCCO2. The number of aryl methyl sites for hydroxylation is 2. The summed E-state index contributed by atoms with van der Waals surface area (Å²) >= 11 is 0. The Hall–Kier alpha value is -4.50. The second kappa shape index (κ2) is 13.2. The van der Waals surface area contributed by atoms with Crippen molar-refractivity contribution in [2.24, 2.45) is 0 Å². The summed E-state index contributed by atoms with van der Waals surface area (Å²) in [6.07, 6.45) is 1.67. The van der Waals surface area contributed by atoms with Gasteiger partial charge in [-0.15, -0.1) is 0 Å². The Kier molecular flexibility index (Phi) is 8.79. The largest absolute Gasteiger partial charge is 0.493 e. The van der Waals surface area contributed by atoms with Gasteiger partial charge in [-0.1, -0.05) is 35.5 Å². The molecule has 0 unspecified atom stereocenters. The first-order chi connectivity index (χ1) is 21.0. The molecular formula is C34H36N2O7. The van der Waals surface area contributed by atoms with Gasteiger partial charge in [0.2, 0.25) is 12.7 Å². The second-order valence-electron chi connectivity index (χ2n) is 10.8. The van der Waals surface area contributed by atoms with Gasteiger partial charge in [0.05, 0.1) is 25.5 Å². The van der Waals surface area contributed by atoms with E-state index in [0.717, 1.165) is 45.0 Å². The molecule has 0 N–H and O–H groups in total. The van der Waals surface area contributed by atoms with Crippen molar-refractivity contribution in [3.63, 3.8) is 0 Å². The molecule has 1 aromatic heterocycles. The first kappa shape index (κ1) is 28.6. The van der Waals surface area contributed by atoms with Crippen LogP contribution >= 0.6 is 0 Å². The minimum absolute atomic E-state index is 0.0704. The first-order valence-corrected chi connectivity index (χ1v) is 14.7. The van der Waals surface area contributed by atoms with Crippen LogP contribution in [0.2, 0.25) is 0 Å². The van der Waals surface area contributed by atoms with E-state index in [0.29, 0.717) is 76.0 Å². The normalized spacial score (nSPS) is 14.9. The average molecular weight is 585 g/mol. The zero-order valence-corrected chi connectivity index (χ0v) is 24.6. The van der Waals surface area contributed by atoms with Crippen LogP contribution in [0.3, 0.4) is 0 Å². The summed E-state index contributed by atoms with van der Waals surface area (Å²) < 4.78 is 34.1. The summed E-state index contributed by atoms with van der Waals surface area (Å²) in [5.74, 6) is 3.79. The van der Waals surface area contributed by atoms with Crippen LogP contribution in [0, 0.1) is 13.8 Å². The van der Waals surface area contributed by atoms with Crippen LogP contribution in [0.5, 0.6) is 23.0 Å². The summed E-state index contributed by atoms with van der Waals surface area (Å²) in [4.78, 5) is 15.2. The predicted molar refractivity (Wildman–Crippen MR) is 160 cm³/mol. The molecule has 9 nitrogen and oxygen atoms in total. The first-order valence-electron chi connectivity index (χ1n) is 14.7. The molecule has 3 aromatic carbocycles. The van der Waals surface area contributed by atoms with Crippen LogP contribution in [0.15, 0.2) is 65.2 Å². The Morgan fingerprint density at radius 2 is 1.77 bits per heavy atom. The van der Waals surface area contributed by atoms with Crippen LogP contribution in [-0.2, 0) is 22.5 Å². The molecule has 2 aliphatic rings. The molecule has 224 valence electrons. The molecule has 0 saturated heterocycles. The van der Waals surface area contributed by atoms with Gasteiger partial charge < -0.3 is 33.1 Å². The number of nitrogens with zero attached hydrogens (tertiary/aromatic N) is 2. The number of amides is 1. The lowest BCUT2D eigenvalue weighted by Gasteiger charge is -2.24. The zero-order chi connectivity index (χ0) is 29.6. The fourth-order valence-corrected chi connectivity index (χ4v) is 5.50. The van der Waals surface area contributed by atoms with Gasteiger partial charge in [0.15, 0.2) is 11.5 Å². The minimum atomic E-state index is 0.0704. The smallest absolute Gasteiger partial charge is 0.231 e. The third kappa shape index (κ3) is 6.94. The van der Waals surface area contributed by atoms with Crippen molar-refractivity contribution >= 4 is 5.91 Å². The molecular weight excluding hydrogens is 548 g/mol. The second-order valence-corrected chi connectivity index (χ2v) is 10.8. The number of hydrogen-bond acceptors (Lipinski definition) is 8. The van der Waals surface area contributed by atoms with Gasteiger partial charge in [0, 0.05) is 37.6 Å². The van der Waals surface area contributed by atoms with Crippen LogP contribution in [0.1, 0.15) is 41.0 Å². The molecule has 0 spiro atoms. The van der Waals surface area contributed by atoms with Crippen molar-refractivity contribution in [3.8, 4) is 34.1 Å². The van der Waals surface area contributed by atoms with Gasteiger partial charge in [-0.05, 0) is 66.8 Å². The molecule has 1 amide bonds. The number of aromatic nitrogens is 1. The van der Waals surface area contributed by atoms with Gasteiger partial charge in [0.25, 0.3) is 0 Å². The topological polar surface area (TPSA) is 92.5 Å². The van der Waals surface area contributed by atoms with Gasteiger partial charge in [-0.3, -0.25) is 4.79 Å². The lowest BCUT2D eigenvalue weighted by Crippen LogP contribution is -2.34. The summed E-state index contributed by atoms with van der Waals surface area (Å²) in [7, 11) is 0. The van der Waals surface area contributed by atoms with E-state index in [1.807, 2.05) is 49.1 Å². The molecule has 0 saturated carbocycles. The van der Waals surface area contributed by atoms with Crippen LogP contribution in [0.25, 0.3) is 11.1 Å². The van der Waals surface area contributed by atoms with Crippen LogP contribution in [0.4, 0.5) is 0 Å². The van der Waals surface area contributed by atoms with E-state index >= 15 is 0 Å². The van der Waals surface area contributed by atoms with Crippen molar-refractivity contribution in [2.45, 2.75) is 39.7 Å². The standard InChI is InChI=1S/C34H36N2O7/c1-23-34(24(2)43-35-23)27-8-10-30-28(19-27)18-25-5-3-6-26(17-25)21-36(12-14-38-15-16-40-30)33(37)7-4-13-39-29-9-11-31-32(20-29)42-22-41-31/h3,5-6,8-11,17,19-20H,4,7,12-16,18,21-22H2,1-2H3. The molecule has 4 aromatic rings. The molecule has 3 heterocycles. The lowest BCUT2D eigenvalue weighted by molar-refractivity contribution is -0.132. The zero-order valence-electron chi connectivity index (χ0n) is 24.6. The number of carbonyl (C=O) groups excluding carboxylic acids is 1. The maximum atomic E-state index is 13.3. The molecule has 0 radical (unpaired) electrons. The Morgan fingerprint density at radius 1 is 0.907 bits per heavy atom. The highest BCUT2D eigenvalue weighted by molar-refractivity contribution is 5.76. The van der Waals surface area contributed by atoms with E-state index in [4.69, 9.17) is 28.2 Å². The summed E-state index contributed by atoms with van der Waals surface area (Å²) in [5.41, 5.74) is 6.21. The van der Waals surface area contributed by atoms with Crippen molar-refractivity contribution in [1.82, 2.24) is 10.1 Å². The van der Waals surface area contributed by atoms with E-state index in [1.54, 1.807) is 0 Å². The van der Waals surface area contributed by atoms with Crippen LogP contribution < -0.4 is 18.9 Å². The monoisotopic (exact) mass is 584 g/mol. The number of fused-ring (bicyclic) bond motifs is 4. The number of hydrogen-bond donors (Lipinski definition) is 0. The maximum absolute atomic E-state index is 13.3. The Balaban J connectivity index is 1.13. The fourth-order valence-electron chi connectivity index (χ4n) is 5.50. The van der Waals surface area contributed by atoms with Gasteiger partial charge in [0.1, 0.15) is 23.9 Å². The van der Waals surface area contributed by atoms with E-state index in [1.165, 1.54) is 0 Å². The van der Waals surface area contributed by atoms with Gasteiger partial charge in [-0.25, -0.2) is 0 Å². The molecule has 0 aliphatic carbocycles.